The van der Waals surface area contributed by atoms with Crippen LogP contribution in [0.4, 0.5) is 0 Å². The maximum Gasteiger partial charge on any atom is 0.0107 e. The fourth-order valence-electron chi connectivity index (χ4n) is 2.08. The molecule has 0 aliphatic rings. The van der Waals surface area contributed by atoms with E-state index >= 15 is 0 Å². The van der Waals surface area contributed by atoms with Gasteiger partial charge in [-0.1, -0.05) is 56.5 Å². The topological polar surface area (TPSA) is 12.0 Å². The molecule has 1 aromatic carbocycles. The molecule has 1 nitrogen and oxygen atoms in total. The van der Waals surface area contributed by atoms with Gasteiger partial charge in [0.05, 0.1) is 0 Å². The van der Waals surface area contributed by atoms with E-state index in [0.717, 1.165) is 6.54 Å². The molecule has 1 aromatic rings. The number of rotatable bonds is 8. The summed E-state index contributed by atoms with van der Waals surface area (Å²) in [6.45, 7) is 7.78. The van der Waals surface area contributed by atoms with Crippen molar-refractivity contribution in [3.63, 3.8) is 0 Å². The molecule has 0 amide bonds. The molecule has 0 heterocycles. The number of nitrogens with one attached hydrogen (secondary N) is 1. The largest absolute Gasteiger partial charge is 0.314 e. The molecule has 0 radical (unpaired) electrons. The van der Waals surface area contributed by atoms with Crippen molar-refractivity contribution in [2.24, 2.45) is 0 Å². The predicted molar refractivity (Wildman–Crippen MR) is 76.5 cm³/mol. The summed E-state index contributed by atoms with van der Waals surface area (Å²) < 4.78 is 0. The predicted octanol–water partition coefficient (Wildman–Crippen LogP) is 4.10. The molecule has 1 heteroatoms. The van der Waals surface area contributed by atoms with E-state index < -0.39 is 0 Å². The van der Waals surface area contributed by atoms with Crippen LogP contribution in [0.1, 0.15) is 50.7 Å². The Morgan fingerprint density at radius 1 is 1.06 bits per heavy atom. The Morgan fingerprint density at radius 2 is 1.76 bits per heavy atom. The Kier molecular flexibility index (Phi) is 6.95. The van der Waals surface area contributed by atoms with Gasteiger partial charge in [-0.15, -0.1) is 0 Å². The van der Waals surface area contributed by atoms with E-state index in [4.69, 9.17) is 0 Å². The third-order valence-corrected chi connectivity index (χ3v) is 3.19. The molecular weight excluding hydrogens is 206 g/mol. The number of aryl methyl sites for hydroxylation is 1. The Labute approximate surface area is 107 Å². The van der Waals surface area contributed by atoms with Gasteiger partial charge in [-0.3, -0.25) is 0 Å². The van der Waals surface area contributed by atoms with Gasteiger partial charge < -0.3 is 5.32 Å². The van der Waals surface area contributed by atoms with Gasteiger partial charge in [0.1, 0.15) is 0 Å². The van der Waals surface area contributed by atoms with Crippen molar-refractivity contribution in [3.8, 4) is 0 Å². The second-order valence-corrected chi connectivity index (χ2v) is 4.98. The molecule has 0 bridgehead atoms. The minimum Gasteiger partial charge on any atom is -0.314 e. The average Bonchev–Trinajstić information content (AvgIpc) is 2.35. The van der Waals surface area contributed by atoms with Gasteiger partial charge in [0.25, 0.3) is 0 Å². The molecule has 0 saturated carbocycles. The van der Waals surface area contributed by atoms with Crippen LogP contribution in [0.15, 0.2) is 24.3 Å². The van der Waals surface area contributed by atoms with Crippen LogP contribution in [0, 0.1) is 6.92 Å². The minimum atomic E-state index is 0.651. The molecule has 1 unspecified atom stereocenters. The lowest BCUT2D eigenvalue weighted by Gasteiger charge is -2.18. The molecule has 1 N–H and O–H groups in total. The number of hydrogen-bond acceptors (Lipinski definition) is 1. The van der Waals surface area contributed by atoms with Crippen LogP contribution in [0.2, 0.25) is 0 Å². The average molecular weight is 233 g/mol. The summed E-state index contributed by atoms with van der Waals surface area (Å²) >= 11 is 0. The highest BCUT2D eigenvalue weighted by atomic mass is 14.9. The quantitative estimate of drug-likeness (QED) is 0.713. The summed E-state index contributed by atoms with van der Waals surface area (Å²) in [6, 6.07) is 9.61. The second kappa shape index (κ2) is 8.30. The van der Waals surface area contributed by atoms with E-state index in [1.807, 2.05) is 0 Å². The lowest BCUT2D eigenvalue weighted by atomic mass is 10.00. The van der Waals surface area contributed by atoms with Crippen molar-refractivity contribution in [1.82, 2.24) is 5.32 Å². The van der Waals surface area contributed by atoms with Crippen LogP contribution < -0.4 is 5.32 Å². The van der Waals surface area contributed by atoms with Crippen molar-refractivity contribution >= 4 is 0 Å². The van der Waals surface area contributed by atoms with E-state index in [9.17, 15) is 0 Å². The standard InChI is InChI=1S/C16H27N/c1-4-6-7-16(17-12-5-2)13-15-10-8-14(3)9-11-15/h8-11,16-17H,4-7,12-13H2,1-3H3. The maximum atomic E-state index is 3.67. The third-order valence-electron chi connectivity index (χ3n) is 3.19. The SMILES string of the molecule is CCCCC(Cc1ccc(C)cc1)NCCC. The monoisotopic (exact) mass is 233 g/mol. The smallest absolute Gasteiger partial charge is 0.0107 e. The molecule has 0 aromatic heterocycles. The third kappa shape index (κ3) is 5.88. The van der Waals surface area contributed by atoms with Gasteiger partial charge in [-0.05, 0) is 38.3 Å². The van der Waals surface area contributed by atoms with Gasteiger partial charge in [0.15, 0.2) is 0 Å². The zero-order valence-electron chi connectivity index (χ0n) is 11.6. The first-order valence-electron chi connectivity index (χ1n) is 7.05. The summed E-state index contributed by atoms with van der Waals surface area (Å²) in [5.41, 5.74) is 2.81. The van der Waals surface area contributed by atoms with Crippen LogP contribution >= 0.6 is 0 Å². The Morgan fingerprint density at radius 3 is 2.35 bits per heavy atom. The Hall–Kier alpha value is -0.820. The summed E-state index contributed by atoms with van der Waals surface area (Å²) in [6.07, 6.45) is 6.30. The van der Waals surface area contributed by atoms with Crippen LogP contribution in [0.25, 0.3) is 0 Å². The Bertz CT molecular complexity index is 281. The first-order valence-corrected chi connectivity index (χ1v) is 7.05. The minimum absolute atomic E-state index is 0.651. The lowest BCUT2D eigenvalue weighted by molar-refractivity contribution is 0.462. The molecular formula is C16H27N. The highest BCUT2D eigenvalue weighted by Gasteiger charge is 2.07. The van der Waals surface area contributed by atoms with Crippen molar-refractivity contribution in [3.05, 3.63) is 35.4 Å². The molecule has 0 spiro atoms. The molecule has 17 heavy (non-hydrogen) atoms. The number of unbranched alkanes of at least 4 members (excludes halogenated alkanes) is 1. The second-order valence-electron chi connectivity index (χ2n) is 4.98. The van der Waals surface area contributed by atoms with E-state index in [1.54, 1.807) is 0 Å². The lowest BCUT2D eigenvalue weighted by Crippen LogP contribution is -2.31. The van der Waals surface area contributed by atoms with Crippen LogP contribution in [0.3, 0.4) is 0 Å². The van der Waals surface area contributed by atoms with Gasteiger partial charge in [0, 0.05) is 6.04 Å². The molecule has 0 aliphatic heterocycles. The number of benzene rings is 1. The summed E-state index contributed by atoms with van der Waals surface area (Å²) in [5.74, 6) is 0. The zero-order chi connectivity index (χ0) is 12.5. The fourth-order valence-corrected chi connectivity index (χ4v) is 2.08. The van der Waals surface area contributed by atoms with Gasteiger partial charge in [0.2, 0.25) is 0 Å². The van der Waals surface area contributed by atoms with Gasteiger partial charge in [-0.25, -0.2) is 0 Å². The molecule has 0 saturated heterocycles. The fraction of sp³-hybridized carbons (Fsp3) is 0.625. The number of hydrogen-bond donors (Lipinski definition) is 1. The molecule has 0 aliphatic carbocycles. The van der Waals surface area contributed by atoms with E-state index in [-0.39, 0.29) is 0 Å². The molecule has 96 valence electrons. The molecule has 0 fully saturated rings. The molecule has 1 rings (SSSR count). The highest BCUT2D eigenvalue weighted by Crippen LogP contribution is 2.10. The normalized spacial score (nSPS) is 12.6. The highest BCUT2D eigenvalue weighted by molar-refractivity contribution is 5.22. The first-order chi connectivity index (χ1) is 8.26. The van der Waals surface area contributed by atoms with E-state index in [2.05, 4.69) is 50.4 Å². The van der Waals surface area contributed by atoms with E-state index in [0.29, 0.717) is 6.04 Å². The summed E-state index contributed by atoms with van der Waals surface area (Å²) in [4.78, 5) is 0. The Balaban J connectivity index is 2.48. The van der Waals surface area contributed by atoms with Crippen LogP contribution in [-0.4, -0.2) is 12.6 Å². The zero-order valence-corrected chi connectivity index (χ0v) is 11.6. The van der Waals surface area contributed by atoms with Crippen LogP contribution in [-0.2, 0) is 6.42 Å². The van der Waals surface area contributed by atoms with Crippen molar-refractivity contribution < 1.29 is 0 Å². The van der Waals surface area contributed by atoms with Crippen molar-refractivity contribution in [2.75, 3.05) is 6.54 Å². The van der Waals surface area contributed by atoms with Crippen molar-refractivity contribution in [1.29, 1.82) is 0 Å². The van der Waals surface area contributed by atoms with Crippen molar-refractivity contribution in [2.45, 2.75) is 58.9 Å². The van der Waals surface area contributed by atoms with E-state index in [1.165, 1.54) is 43.2 Å². The van der Waals surface area contributed by atoms with Gasteiger partial charge in [-0.2, -0.15) is 0 Å². The first kappa shape index (κ1) is 14.2. The summed E-state index contributed by atoms with van der Waals surface area (Å²) in [5, 5.41) is 3.67. The summed E-state index contributed by atoms with van der Waals surface area (Å²) in [7, 11) is 0. The van der Waals surface area contributed by atoms with Crippen LogP contribution in [0.5, 0.6) is 0 Å². The maximum absolute atomic E-state index is 3.67. The molecule has 1 atom stereocenters. The van der Waals surface area contributed by atoms with Gasteiger partial charge >= 0.3 is 0 Å².